The minimum Gasteiger partial charge on any atom is -0.355 e. The highest BCUT2D eigenvalue weighted by Gasteiger charge is 2.38. The van der Waals surface area contributed by atoms with E-state index in [4.69, 9.17) is 11.1 Å². The van der Waals surface area contributed by atoms with Gasteiger partial charge in [-0.05, 0) is 37.0 Å². The molecule has 8 nitrogen and oxygen atoms in total. The molecule has 1 saturated carbocycles. The van der Waals surface area contributed by atoms with Crippen molar-refractivity contribution in [3.05, 3.63) is 29.8 Å². The number of benzene rings is 1. The lowest BCUT2D eigenvalue weighted by molar-refractivity contribution is -0.119. The van der Waals surface area contributed by atoms with E-state index in [1.807, 2.05) is 4.90 Å². The van der Waals surface area contributed by atoms with Crippen LogP contribution in [0, 0.1) is 5.41 Å². The zero-order valence-corrected chi connectivity index (χ0v) is 16.9. The first kappa shape index (κ1) is 20.6. The molecular formula is C19H29N5O3S. The lowest BCUT2D eigenvalue weighted by Crippen LogP contribution is -2.42. The van der Waals surface area contributed by atoms with Crippen LogP contribution < -0.4 is 11.1 Å². The third kappa shape index (κ3) is 4.47. The van der Waals surface area contributed by atoms with Gasteiger partial charge in [-0.3, -0.25) is 10.2 Å². The fourth-order valence-corrected chi connectivity index (χ4v) is 5.30. The van der Waals surface area contributed by atoms with Gasteiger partial charge in [-0.25, -0.2) is 12.7 Å². The molecule has 3 rings (SSSR count). The third-order valence-electron chi connectivity index (χ3n) is 5.50. The molecule has 9 heteroatoms. The molecule has 154 valence electrons. The Hall–Kier alpha value is -2.13. The number of carbonyl (C=O) groups is 1. The van der Waals surface area contributed by atoms with Gasteiger partial charge in [-0.2, -0.15) is 0 Å². The number of hydrogen-bond acceptors (Lipinski definition) is 5. The van der Waals surface area contributed by atoms with Crippen molar-refractivity contribution in [3.8, 4) is 0 Å². The molecule has 0 bridgehead atoms. The molecule has 1 aliphatic heterocycles. The Morgan fingerprint density at radius 2 is 1.82 bits per heavy atom. The number of guanidine groups is 1. The number of carbonyl (C=O) groups excluding carboxylic acids is 1. The average Bonchev–Trinajstić information content (AvgIpc) is 3.11. The maximum absolute atomic E-state index is 13.0. The molecular weight excluding hydrogens is 378 g/mol. The van der Waals surface area contributed by atoms with Crippen molar-refractivity contribution in [3.63, 3.8) is 0 Å². The first-order valence-corrected chi connectivity index (χ1v) is 11.3. The number of rotatable bonds is 7. The van der Waals surface area contributed by atoms with Gasteiger partial charge in [0.05, 0.1) is 18.0 Å². The summed E-state index contributed by atoms with van der Waals surface area (Å²) in [6, 6.07) is 6.94. The molecule has 2 fully saturated rings. The van der Waals surface area contributed by atoms with Crippen LogP contribution in [0.1, 0.15) is 37.7 Å². The molecule has 1 aliphatic carbocycles. The Kier molecular flexibility index (Phi) is 6.56. The van der Waals surface area contributed by atoms with Crippen molar-refractivity contribution in [2.45, 2.75) is 49.5 Å². The first-order chi connectivity index (χ1) is 13.4. The second-order valence-corrected chi connectivity index (χ2v) is 9.20. The average molecular weight is 408 g/mol. The highest BCUT2D eigenvalue weighted by atomic mass is 32.2. The zero-order valence-electron chi connectivity index (χ0n) is 16.1. The quantitative estimate of drug-likeness (QED) is 0.620. The van der Waals surface area contributed by atoms with E-state index in [1.165, 1.54) is 10.7 Å². The number of nitrogens with one attached hydrogen (secondary N) is 2. The topological polar surface area (TPSA) is 120 Å². The predicted molar refractivity (Wildman–Crippen MR) is 107 cm³/mol. The van der Waals surface area contributed by atoms with Crippen LogP contribution in [0.25, 0.3) is 0 Å². The fraction of sp³-hybridized carbons (Fsp3) is 0.579. The minimum atomic E-state index is -3.73. The van der Waals surface area contributed by atoms with E-state index in [-0.39, 0.29) is 29.3 Å². The fourth-order valence-electron chi connectivity index (χ4n) is 3.91. The summed E-state index contributed by atoms with van der Waals surface area (Å²) in [4.78, 5) is 13.3. The lowest BCUT2D eigenvalue weighted by Gasteiger charge is -2.32. The van der Waals surface area contributed by atoms with Crippen molar-refractivity contribution in [2.75, 3.05) is 26.2 Å². The van der Waals surface area contributed by atoms with Crippen molar-refractivity contribution in [2.24, 2.45) is 5.73 Å². The molecule has 1 aromatic rings. The van der Waals surface area contributed by atoms with E-state index < -0.39 is 10.0 Å². The molecule has 0 aromatic heterocycles. The molecule has 1 aromatic carbocycles. The van der Waals surface area contributed by atoms with Crippen LogP contribution in [0.2, 0.25) is 0 Å². The lowest BCUT2D eigenvalue weighted by atomic mass is 9.94. The van der Waals surface area contributed by atoms with Crippen LogP contribution in [0.3, 0.4) is 0 Å². The van der Waals surface area contributed by atoms with E-state index in [2.05, 4.69) is 5.32 Å². The number of nitrogens with zero attached hydrogens (tertiary/aromatic N) is 2. The summed E-state index contributed by atoms with van der Waals surface area (Å²) >= 11 is 0. The summed E-state index contributed by atoms with van der Waals surface area (Å²) in [7, 11) is -3.73. The molecule has 1 heterocycles. The second-order valence-electron chi connectivity index (χ2n) is 7.33. The minimum absolute atomic E-state index is 0.0448. The predicted octanol–water partition coefficient (Wildman–Crippen LogP) is 0.878. The Morgan fingerprint density at radius 1 is 1.14 bits per heavy atom. The Balaban J connectivity index is 1.64. The van der Waals surface area contributed by atoms with Crippen molar-refractivity contribution < 1.29 is 13.2 Å². The summed E-state index contributed by atoms with van der Waals surface area (Å²) in [5.41, 5.74) is 6.17. The molecule has 0 spiro atoms. The van der Waals surface area contributed by atoms with Crippen LogP contribution >= 0.6 is 0 Å². The van der Waals surface area contributed by atoms with Crippen LogP contribution in [0.15, 0.2) is 29.2 Å². The maximum Gasteiger partial charge on any atom is 0.266 e. The smallest absolute Gasteiger partial charge is 0.266 e. The van der Waals surface area contributed by atoms with Gasteiger partial charge in [-0.15, -0.1) is 0 Å². The molecule has 1 amide bonds. The Labute approximate surface area is 166 Å². The standard InChI is InChI=1S/C19H29N5O3S/c20-14-18(25)22-11-10-15-6-8-17(9-7-15)28(26,27)24-13-12-23(19(24)21)16-4-2-1-3-5-16/h6-9,16,21H,1-5,10-14,20H2,(H,22,25). The van der Waals surface area contributed by atoms with Crippen LogP contribution in [0.4, 0.5) is 0 Å². The van der Waals surface area contributed by atoms with Gasteiger partial charge in [-0.1, -0.05) is 31.4 Å². The van der Waals surface area contributed by atoms with E-state index >= 15 is 0 Å². The largest absolute Gasteiger partial charge is 0.355 e. The molecule has 2 aliphatic rings. The molecule has 0 unspecified atom stereocenters. The second kappa shape index (κ2) is 8.91. The van der Waals surface area contributed by atoms with E-state index in [1.54, 1.807) is 24.3 Å². The number of hydrogen-bond donors (Lipinski definition) is 3. The highest BCUT2D eigenvalue weighted by Crippen LogP contribution is 2.28. The molecule has 1 saturated heterocycles. The number of sulfonamides is 1. The van der Waals surface area contributed by atoms with Crippen LogP contribution in [-0.2, 0) is 21.2 Å². The summed E-state index contributed by atoms with van der Waals surface area (Å²) in [5.74, 6) is -0.116. The van der Waals surface area contributed by atoms with Gasteiger partial charge in [0.25, 0.3) is 10.0 Å². The van der Waals surface area contributed by atoms with E-state index in [0.29, 0.717) is 26.1 Å². The Bertz CT molecular complexity index is 803. The maximum atomic E-state index is 13.0. The van der Waals surface area contributed by atoms with Gasteiger partial charge >= 0.3 is 0 Å². The Morgan fingerprint density at radius 3 is 2.46 bits per heavy atom. The summed E-state index contributed by atoms with van der Waals surface area (Å²) in [5, 5.41) is 11.1. The van der Waals surface area contributed by atoms with Crippen LogP contribution in [-0.4, -0.2) is 61.7 Å². The van der Waals surface area contributed by atoms with Gasteiger partial charge < -0.3 is 16.0 Å². The molecule has 0 radical (unpaired) electrons. The SMILES string of the molecule is N=C1N(C2CCCCC2)CCN1S(=O)(=O)c1ccc(CCNC(=O)CN)cc1. The van der Waals surface area contributed by atoms with E-state index in [9.17, 15) is 13.2 Å². The highest BCUT2D eigenvalue weighted by molar-refractivity contribution is 7.89. The van der Waals surface area contributed by atoms with Gasteiger partial charge in [0.15, 0.2) is 0 Å². The van der Waals surface area contributed by atoms with Gasteiger partial charge in [0.1, 0.15) is 0 Å². The van der Waals surface area contributed by atoms with Crippen molar-refractivity contribution >= 4 is 21.9 Å². The van der Waals surface area contributed by atoms with Crippen molar-refractivity contribution in [1.82, 2.24) is 14.5 Å². The molecule has 4 N–H and O–H groups in total. The monoisotopic (exact) mass is 407 g/mol. The summed E-state index contributed by atoms with van der Waals surface area (Å²) in [6.45, 7) is 1.32. The van der Waals surface area contributed by atoms with E-state index in [0.717, 1.165) is 31.2 Å². The van der Waals surface area contributed by atoms with Crippen LogP contribution in [0.5, 0.6) is 0 Å². The summed E-state index contributed by atoms with van der Waals surface area (Å²) < 4.78 is 27.2. The molecule has 0 atom stereocenters. The number of nitrogens with two attached hydrogens (primary N) is 1. The summed E-state index contributed by atoms with van der Waals surface area (Å²) in [6.07, 6.45) is 6.18. The normalized spacial score (nSPS) is 18.5. The first-order valence-electron chi connectivity index (χ1n) is 9.87. The van der Waals surface area contributed by atoms with Crippen molar-refractivity contribution in [1.29, 1.82) is 5.41 Å². The number of amides is 1. The van der Waals surface area contributed by atoms with Gasteiger partial charge in [0.2, 0.25) is 11.9 Å². The molecule has 28 heavy (non-hydrogen) atoms. The van der Waals surface area contributed by atoms with Gasteiger partial charge in [0, 0.05) is 19.1 Å². The zero-order chi connectivity index (χ0) is 20.1. The third-order valence-corrected chi connectivity index (χ3v) is 7.30.